The molecule has 0 amide bonds. The summed E-state index contributed by atoms with van der Waals surface area (Å²) in [6.45, 7) is 4.02. The average Bonchev–Trinajstić information content (AvgIpc) is 1.89. The van der Waals surface area contributed by atoms with Crippen LogP contribution in [0.2, 0.25) is 0 Å². The van der Waals surface area contributed by atoms with Crippen LogP contribution in [0.15, 0.2) is 5.18 Å². The molecule has 0 aliphatic rings. The van der Waals surface area contributed by atoms with E-state index >= 15 is 0 Å². The largest absolute Gasteiger partial charge is 0.151 e. The summed E-state index contributed by atoms with van der Waals surface area (Å²) in [7, 11) is 0. The Balaban J connectivity index is 2.96. The van der Waals surface area contributed by atoms with E-state index in [4.69, 9.17) is 0 Å². The molecule has 2 nitrogen and oxygen atoms in total. The molecule has 0 aromatic heterocycles. The van der Waals surface area contributed by atoms with Crippen molar-refractivity contribution in [3.8, 4) is 0 Å². The SMILES string of the molecule is CCCCC[C@@H](C)N=O. The van der Waals surface area contributed by atoms with E-state index in [0.29, 0.717) is 0 Å². The minimum Gasteiger partial charge on any atom is -0.151 e. The van der Waals surface area contributed by atoms with E-state index in [1.165, 1.54) is 12.8 Å². The molecule has 0 saturated carbocycles. The minimum absolute atomic E-state index is 0.0246. The molecule has 0 radical (unpaired) electrons. The van der Waals surface area contributed by atoms with Crippen LogP contribution in [-0.4, -0.2) is 6.04 Å². The lowest BCUT2D eigenvalue weighted by molar-refractivity contribution is 0.591. The molecule has 0 aromatic rings. The molecule has 0 rings (SSSR count). The Morgan fingerprint density at radius 3 is 2.56 bits per heavy atom. The van der Waals surface area contributed by atoms with E-state index < -0.39 is 0 Å². The first kappa shape index (κ1) is 8.60. The number of nitroso groups, excluding NO2 is 1. The zero-order valence-electron chi connectivity index (χ0n) is 6.26. The van der Waals surface area contributed by atoms with Gasteiger partial charge in [-0.25, -0.2) is 0 Å². The third kappa shape index (κ3) is 5.47. The Hall–Kier alpha value is -0.400. The van der Waals surface area contributed by atoms with Crippen molar-refractivity contribution in [1.29, 1.82) is 0 Å². The highest BCUT2D eigenvalue weighted by Gasteiger charge is 1.97. The van der Waals surface area contributed by atoms with Gasteiger partial charge in [0.05, 0.1) is 6.04 Å². The van der Waals surface area contributed by atoms with Crippen LogP contribution in [0.5, 0.6) is 0 Å². The van der Waals surface area contributed by atoms with Crippen molar-refractivity contribution in [2.24, 2.45) is 5.18 Å². The fourth-order valence-corrected chi connectivity index (χ4v) is 0.742. The smallest absolute Gasteiger partial charge is 0.0891 e. The highest BCUT2D eigenvalue weighted by molar-refractivity contribution is 4.56. The fraction of sp³-hybridized carbons (Fsp3) is 1.00. The Labute approximate surface area is 56.6 Å². The summed E-state index contributed by atoms with van der Waals surface area (Å²) in [4.78, 5) is 9.85. The van der Waals surface area contributed by atoms with Crippen LogP contribution >= 0.6 is 0 Å². The summed E-state index contributed by atoms with van der Waals surface area (Å²) >= 11 is 0. The summed E-state index contributed by atoms with van der Waals surface area (Å²) in [5.41, 5.74) is 0. The van der Waals surface area contributed by atoms with Crippen molar-refractivity contribution in [2.75, 3.05) is 0 Å². The van der Waals surface area contributed by atoms with Gasteiger partial charge in [0.15, 0.2) is 0 Å². The lowest BCUT2D eigenvalue weighted by Crippen LogP contribution is -1.94. The number of rotatable bonds is 5. The summed E-state index contributed by atoms with van der Waals surface area (Å²) < 4.78 is 0. The first-order valence-electron chi connectivity index (χ1n) is 3.63. The van der Waals surface area contributed by atoms with Crippen molar-refractivity contribution >= 4 is 0 Å². The van der Waals surface area contributed by atoms with Gasteiger partial charge in [0.2, 0.25) is 0 Å². The highest BCUT2D eigenvalue weighted by atomic mass is 16.3. The van der Waals surface area contributed by atoms with Gasteiger partial charge in [-0.15, -0.1) is 0 Å². The predicted molar refractivity (Wildman–Crippen MR) is 39.4 cm³/mol. The zero-order chi connectivity index (χ0) is 7.11. The van der Waals surface area contributed by atoms with Crippen molar-refractivity contribution in [3.63, 3.8) is 0 Å². The summed E-state index contributed by atoms with van der Waals surface area (Å²) in [6, 6.07) is 0.0246. The molecule has 0 unspecified atom stereocenters. The van der Waals surface area contributed by atoms with Crippen molar-refractivity contribution < 1.29 is 0 Å². The second kappa shape index (κ2) is 5.73. The van der Waals surface area contributed by atoms with Crippen LogP contribution in [0.1, 0.15) is 39.5 Å². The molecule has 2 heteroatoms. The molecule has 0 fully saturated rings. The second-order valence-corrected chi connectivity index (χ2v) is 2.45. The molecule has 1 atom stereocenters. The maximum Gasteiger partial charge on any atom is 0.0891 e. The van der Waals surface area contributed by atoms with Crippen molar-refractivity contribution in [2.45, 2.75) is 45.6 Å². The van der Waals surface area contributed by atoms with Gasteiger partial charge in [0.1, 0.15) is 0 Å². The van der Waals surface area contributed by atoms with Gasteiger partial charge in [-0.2, -0.15) is 4.91 Å². The van der Waals surface area contributed by atoms with Gasteiger partial charge in [0.25, 0.3) is 0 Å². The van der Waals surface area contributed by atoms with Gasteiger partial charge < -0.3 is 0 Å². The van der Waals surface area contributed by atoms with Crippen molar-refractivity contribution in [1.82, 2.24) is 0 Å². The zero-order valence-corrected chi connectivity index (χ0v) is 6.26. The molecule has 0 aliphatic heterocycles. The quantitative estimate of drug-likeness (QED) is 0.414. The van der Waals surface area contributed by atoms with E-state index in [1.807, 2.05) is 6.92 Å². The van der Waals surface area contributed by atoms with Crippen LogP contribution in [0.25, 0.3) is 0 Å². The summed E-state index contributed by atoms with van der Waals surface area (Å²) in [5, 5.41) is 2.91. The third-order valence-electron chi connectivity index (χ3n) is 1.41. The van der Waals surface area contributed by atoms with E-state index in [0.717, 1.165) is 12.8 Å². The standard InChI is InChI=1S/C7H15NO/c1-3-4-5-6-7(2)8-9/h7H,3-6H2,1-2H3/t7-/m1/s1. The molecular formula is C7H15NO. The fourth-order valence-electron chi connectivity index (χ4n) is 0.742. The van der Waals surface area contributed by atoms with Crippen LogP contribution in [0.3, 0.4) is 0 Å². The molecule has 9 heavy (non-hydrogen) atoms. The molecule has 0 heterocycles. The van der Waals surface area contributed by atoms with E-state index in [1.54, 1.807) is 0 Å². The highest BCUT2D eigenvalue weighted by Crippen LogP contribution is 2.04. The second-order valence-electron chi connectivity index (χ2n) is 2.45. The van der Waals surface area contributed by atoms with Gasteiger partial charge in [0, 0.05) is 0 Å². The Morgan fingerprint density at radius 1 is 1.44 bits per heavy atom. The first-order valence-corrected chi connectivity index (χ1v) is 3.63. The lowest BCUT2D eigenvalue weighted by atomic mass is 10.1. The monoisotopic (exact) mass is 129 g/mol. The maximum atomic E-state index is 9.85. The van der Waals surface area contributed by atoms with Crippen LogP contribution in [0.4, 0.5) is 0 Å². The normalized spacial score (nSPS) is 13.1. The van der Waals surface area contributed by atoms with E-state index in [9.17, 15) is 4.91 Å². The molecule has 0 bridgehead atoms. The molecule has 0 spiro atoms. The number of nitrogens with zero attached hydrogens (tertiary/aromatic N) is 1. The van der Waals surface area contributed by atoms with Gasteiger partial charge in [-0.05, 0) is 13.3 Å². The van der Waals surface area contributed by atoms with Crippen molar-refractivity contribution in [3.05, 3.63) is 4.91 Å². The average molecular weight is 129 g/mol. The third-order valence-corrected chi connectivity index (χ3v) is 1.41. The molecule has 0 aromatic carbocycles. The van der Waals surface area contributed by atoms with E-state index in [-0.39, 0.29) is 6.04 Å². The molecule has 54 valence electrons. The van der Waals surface area contributed by atoms with E-state index in [2.05, 4.69) is 12.1 Å². The van der Waals surface area contributed by atoms with Gasteiger partial charge in [-0.1, -0.05) is 31.4 Å². The molecular weight excluding hydrogens is 114 g/mol. The summed E-state index contributed by atoms with van der Waals surface area (Å²) in [6.07, 6.45) is 4.53. The number of hydrogen-bond acceptors (Lipinski definition) is 2. The summed E-state index contributed by atoms with van der Waals surface area (Å²) in [5.74, 6) is 0. The Kier molecular flexibility index (Phi) is 5.48. The predicted octanol–water partition coefficient (Wildman–Crippen LogP) is 2.72. The molecule has 0 aliphatic carbocycles. The van der Waals surface area contributed by atoms with Gasteiger partial charge in [-0.3, -0.25) is 0 Å². The van der Waals surface area contributed by atoms with Gasteiger partial charge >= 0.3 is 0 Å². The Morgan fingerprint density at radius 2 is 2.11 bits per heavy atom. The number of hydrogen-bond donors (Lipinski definition) is 0. The number of unbranched alkanes of at least 4 members (excludes halogenated alkanes) is 2. The molecule has 0 saturated heterocycles. The minimum atomic E-state index is 0.0246. The first-order chi connectivity index (χ1) is 4.31. The maximum absolute atomic E-state index is 9.85. The van der Waals surface area contributed by atoms with Crippen LogP contribution < -0.4 is 0 Å². The lowest BCUT2D eigenvalue weighted by Gasteiger charge is -1.98. The van der Waals surface area contributed by atoms with Crippen LogP contribution in [-0.2, 0) is 0 Å². The topological polar surface area (TPSA) is 29.4 Å². The Bertz CT molecular complexity index is 73.3. The van der Waals surface area contributed by atoms with Crippen LogP contribution in [0, 0.1) is 4.91 Å². The molecule has 0 N–H and O–H groups in total.